The fraction of sp³-hybridized carbons (Fsp3) is 0.545. The zero-order valence-corrected chi connectivity index (χ0v) is 17.8. The second-order valence-electron chi connectivity index (χ2n) is 8.83. The highest BCUT2D eigenvalue weighted by Crippen LogP contribution is 2.38. The molecule has 1 aromatic heterocycles. The Kier molecular flexibility index (Phi) is 6.17. The number of nitrogens with one attached hydrogen (secondary N) is 1. The van der Waals surface area contributed by atoms with Crippen LogP contribution in [0.1, 0.15) is 60.7 Å². The van der Waals surface area contributed by atoms with Gasteiger partial charge in [0.15, 0.2) is 11.9 Å². The molecule has 1 amide bonds. The molecule has 0 bridgehead atoms. The van der Waals surface area contributed by atoms with E-state index in [0.29, 0.717) is 17.6 Å². The molecule has 7 nitrogen and oxygen atoms in total. The van der Waals surface area contributed by atoms with Gasteiger partial charge in [-0.05, 0) is 62.4 Å². The fourth-order valence-electron chi connectivity index (χ4n) is 4.69. The summed E-state index contributed by atoms with van der Waals surface area (Å²) in [5.74, 6) is 0.00874. The van der Waals surface area contributed by atoms with Crippen molar-refractivity contribution in [2.75, 3.05) is 18.4 Å². The lowest BCUT2D eigenvalue weighted by atomic mass is 9.81. The zero-order chi connectivity index (χ0) is 23.0. The van der Waals surface area contributed by atoms with Crippen molar-refractivity contribution in [1.29, 1.82) is 0 Å². The van der Waals surface area contributed by atoms with Crippen molar-refractivity contribution in [3.8, 4) is 0 Å². The summed E-state index contributed by atoms with van der Waals surface area (Å²) in [5.41, 5.74) is 5.94. The Labute approximate surface area is 184 Å². The molecule has 0 radical (unpaired) electrons. The second-order valence-corrected chi connectivity index (χ2v) is 8.83. The van der Waals surface area contributed by atoms with E-state index in [1.54, 1.807) is 10.9 Å². The van der Waals surface area contributed by atoms with Crippen LogP contribution in [0.5, 0.6) is 0 Å². The van der Waals surface area contributed by atoms with Crippen LogP contribution >= 0.6 is 0 Å². The third-order valence-electron chi connectivity index (χ3n) is 6.64. The van der Waals surface area contributed by atoms with Crippen molar-refractivity contribution in [3.05, 3.63) is 41.6 Å². The maximum absolute atomic E-state index is 12.7. The first-order chi connectivity index (χ1) is 15.1. The van der Waals surface area contributed by atoms with E-state index >= 15 is 0 Å². The van der Waals surface area contributed by atoms with Crippen molar-refractivity contribution < 1.29 is 23.1 Å². The molecule has 1 saturated carbocycles. The molecule has 0 spiro atoms. The van der Waals surface area contributed by atoms with Gasteiger partial charge in [0.2, 0.25) is 0 Å². The summed E-state index contributed by atoms with van der Waals surface area (Å²) >= 11 is 0. The Morgan fingerprint density at radius 2 is 1.94 bits per heavy atom. The number of anilines is 2. The quantitative estimate of drug-likeness (QED) is 0.622. The number of benzene rings is 1. The first-order valence-corrected chi connectivity index (χ1v) is 10.9. The Morgan fingerprint density at radius 1 is 1.25 bits per heavy atom. The first kappa shape index (κ1) is 22.6. The summed E-state index contributed by atoms with van der Waals surface area (Å²) < 4.78 is 39.9. The predicted molar refractivity (Wildman–Crippen MR) is 114 cm³/mol. The van der Waals surface area contributed by atoms with Crippen LogP contribution in [0.3, 0.4) is 0 Å². The normalized spacial score (nSPS) is 25.2. The molecule has 4 N–H and O–H groups in total. The molecule has 1 saturated heterocycles. The van der Waals surface area contributed by atoms with Crippen molar-refractivity contribution in [1.82, 2.24) is 14.7 Å². The number of carbonyl (C=O) groups is 1. The van der Waals surface area contributed by atoms with Crippen LogP contribution < -0.4 is 11.1 Å². The summed E-state index contributed by atoms with van der Waals surface area (Å²) in [5, 5.41) is 16.9. The van der Waals surface area contributed by atoms with Gasteiger partial charge in [0, 0.05) is 17.9 Å². The smallest absolute Gasteiger partial charge is 0.379 e. The summed E-state index contributed by atoms with van der Waals surface area (Å²) in [6.45, 7) is 4.53. The molecule has 174 valence electrons. The lowest BCUT2D eigenvalue weighted by Crippen LogP contribution is -2.48. The molecule has 4 atom stereocenters. The van der Waals surface area contributed by atoms with Crippen LogP contribution in [-0.2, 0) is 0 Å². The minimum Gasteiger partial charge on any atom is -0.379 e. The molecule has 2 aromatic rings. The van der Waals surface area contributed by atoms with E-state index in [4.69, 9.17) is 5.73 Å². The molecule has 2 aliphatic rings. The monoisotopic (exact) mass is 451 g/mol. The highest BCUT2D eigenvalue weighted by atomic mass is 19.4. The number of alkyl halides is 3. The van der Waals surface area contributed by atoms with E-state index < -0.39 is 18.2 Å². The average molecular weight is 451 g/mol. The largest absolute Gasteiger partial charge is 0.418 e. The molecular weight excluding hydrogens is 423 g/mol. The van der Waals surface area contributed by atoms with Crippen molar-refractivity contribution in [2.24, 2.45) is 11.7 Å². The lowest BCUT2D eigenvalue weighted by molar-refractivity contribution is -0.206. The fourth-order valence-corrected chi connectivity index (χ4v) is 4.69. The number of nitrogens with two attached hydrogens (primary N) is 1. The maximum atomic E-state index is 12.7. The van der Waals surface area contributed by atoms with Gasteiger partial charge >= 0.3 is 6.18 Å². The predicted octanol–water partition coefficient (Wildman–Crippen LogP) is 3.76. The number of halogens is 3. The third-order valence-corrected chi connectivity index (χ3v) is 6.64. The molecule has 32 heavy (non-hydrogen) atoms. The molecule has 2 heterocycles. The van der Waals surface area contributed by atoms with E-state index in [0.717, 1.165) is 19.3 Å². The van der Waals surface area contributed by atoms with Gasteiger partial charge in [-0.1, -0.05) is 19.1 Å². The number of amides is 1. The Bertz CT molecular complexity index is 955. The molecule has 2 fully saturated rings. The Hall–Kier alpha value is -2.59. The van der Waals surface area contributed by atoms with E-state index in [9.17, 15) is 23.1 Å². The minimum absolute atomic E-state index is 0.144. The van der Waals surface area contributed by atoms with Gasteiger partial charge in [0.05, 0.1) is 6.04 Å². The number of carbonyl (C=O) groups excluding carboxylic acids is 1. The number of nitrogens with zero attached hydrogens (tertiary/aromatic N) is 3. The number of likely N-dealkylation sites (tertiary alicyclic amines) is 1. The van der Waals surface area contributed by atoms with Gasteiger partial charge in [0.25, 0.3) is 5.91 Å². The van der Waals surface area contributed by atoms with Crippen molar-refractivity contribution >= 4 is 17.4 Å². The molecule has 1 aromatic carbocycles. The highest BCUT2D eigenvalue weighted by molar-refractivity contribution is 5.98. The number of aliphatic hydroxyl groups excluding tert-OH is 1. The highest BCUT2D eigenvalue weighted by Gasteiger charge is 2.39. The van der Waals surface area contributed by atoms with Crippen LogP contribution in [0.4, 0.5) is 24.7 Å². The molecule has 4 unspecified atom stereocenters. The number of rotatable bonds is 6. The topological polar surface area (TPSA) is 96.4 Å². The summed E-state index contributed by atoms with van der Waals surface area (Å²) in [7, 11) is 0. The van der Waals surface area contributed by atoms with Crippen LogP contribution in [0.25, 0.3) is 0 Å². The van der Waals surface area contributed by atoms with E-state index in [1.807, 2.05) is 0 Å². The van der Waals surface area contributed by atoms with E-state index in [1.165, 1.54) is 43.8 Å². The number of hydrogen-bond acceptors (Lipinski definition) is 5. The van der Waals surface area contributed by atoms with Gasteiger partial charge in [-0.15, -0.1) is 0 Å². The first-order valence-electron chi connectivity index (χ1n) is 10.9. The summed E-state index contributed by atoms with van der Waals surface area (Å²) in [6.07, 6.45) is -1.28. The van der Waals surface area contributed by atoms with Crippen LogP contribution in [0, 0.1) is 5.92 Å². The number of aliphatic hydroxyl groups is 1. The van der Waals surface area contributed by atoms with E-state index in [2.05, 4.69) is 22.2 Å². The van der Waals surface area contributed by atoms with Crippen LogP contribution in [0.2, 0.25) is 0 Å². The van der Waals surface area contributed by atoms with Gasteiger partial charge in [0.1, 0.15) is 5.56 Å². The lowest BCUT2D eigenvalue weighted by Gasteiger charge is -2.44. The molecular formula is C22H28F3N5O2. The number of hydrogen-bond donors (Lipinski definition) is 3. The third kappa shape index (κ3) is 4.61. The standard InChI is InChI=1S/C22H28F3N5O2/c1-13-11-16(29-9-2-10-29)7-8-18(13)30-12-17(20(26)32)21(28-30)27-15-5-3-14(4-6-15)19(31)22(23,24)25/h3-6,12-13,16,18-19,31H,2,7-11H2,1H3,(H2,26,32)(H,27,28). The molecule has 1 aliphatic carbocycles. The minimum atomic E-state index is -4.74. The molecule has 4 rings (SSSR count). The Morgan fingerprint density at radius 3 is 2.47 bits per heavy atom. The molecule has 10 heteroatoms. The Balaban J connectivity index is 1.49. The van der Waals surface area contributed by atoms with Gasteiger partial charge in [-0.25, -0.2) is 0 Å². The van der Waals surface area contributed by atoms with Crippen LogP contribution in [0.15, 0.2) is 30.5 Å². The number of primary amides is 1. The molecule has 1 aliphatic heterocycles. The van der Waals surface area contributed by atoms with Crippen LogP contribution in [-0.4, -0.2) is 51.0 Å². The zero-order valence-electron chi connectivity index (χ0n) is 17.8. The SMILES string of the molecule is CC1CC(N2CCC2)CCC1n1cc(C(N)=O)c(Nc2ccc(C(O)C(F)(F)F)cc2)n1. The van der Waals surface area contributed by atoms with Crippen molar-refractivity contribution in [2.45, 2.75) is 57.0 Å². The second kappa shape index (κ2) is 8.74. The van der Waals surface area contributed by atoms with Gasteiger partial charge < -0.3 is 21.1 Å². The number of aromatic nitrogens is 2. The van der Waals surface area contributed by atoms with Gasteiger partial charge in [-0.3, -0.25) is 9.48 Å². The summed E-state index contributed by atoms with van der Waals surface area (Å²) in [6, 6.07) is 5.90. The van der Waals surface area contributed by atoms with E-state index in [-0.39, 0.29) is 23.0 Å². The van der Waals surface area contributed by atoms with Crippen molar-refractivity contribution in [3.63, 3.8) is 0 Å². The van der Waals surface area contributed by atoms with Gasteiger partial charge in [-0.2, -0.15) is 18.3 Å². The maximum Gasteiger partial charge on any atom is 0.418 e. The summed E-state index contributed by atoms with van der Waals surface area (Å²) in [4.78, 5) is 14.5. The average Bonchev–Trinajstić information content (AvgIpc) is 3.10.